The molecule has 0 radical (unpaired) electrons. The average molecular weight is 443 g/mol. The topological polar surface area (TPSA) is 52.6 Å². The molecule has 0 N–H and O–H groups in total. The summed E-state index contributed by atoms with van der Waals surface area (Å²) in [6, 6.07) is 4.60. The zero-order chi connectivity index (χ0) is 24.1. The van der Waals surface area contributed by atoms with E-state index < -0.39 is 23.1 Å². The van der Waals surface area contributed by atoms with Crippen molar-refractivity contribution in [3.8, 4) is 0 Å². The van der Waals surface area contributed by atoms with Crippen LogP contribution < -0.4 is 0 Å². The number of alkyl halides is 3. The zero-order valence-electron chi connectivity index (χ0n) is 19.4. The first-order valence-corrected chi connectivity index (χ1v) is 10.1. The SMILES string of the molecule is CC(C)(C)CC(C)(C(=O)OCCOC(=O)/C=C/c1cccc(C(F)(F)F)c1)C(C)(C)C. The van der Waals surface area contributed by atoms with Gasteiger partial charge in [-0.2, -0.15) is 13.2 Å². The molecule has 0 fully saturated rings. The lowest BCUT2D eigenvalue weighted by molar-refractivity contribution is -0.167. The van der Waals surface area contributed by atoms with E-state index in [1.165, 1.54) is 18.2 Å². The van der Waals surface area contributed by atoms with Gasteiger partial charge in [-0.1, -0.05) is 53.7 Å². The summed E-state index contributed by atoms with van der Waals surface area (Å²) in [5.74, 6) is -1.09. The quantitative estimate of drug-likeness (QED) is 0.283. The van der Waals surface area contributed by atoms with Gasteiger partial charge in [0.05, 0.1) is 11.0 Å². The Balaban J connectivity index is 2.61. The van der Waals surface area contributed by atoms with Crippen molar-refractivity contribution in [3.05, 3.63) is 41.5 Å². The summed E-state index contributed by atoms with van der Waals surface area (Å²) in [6.45, 7) is 13.8. The molecule has 1 aromatic carbocycles. The minimum absolute atomic E-state index is 0.0816. The van der Waals surface area contributed by atoms with Crippen molar-refractivity contribution < 1.29 is 32.2 Å². The van der Waals surface area contributed by atoms with Crippen LogP contribution in [0.4, 0.5) is 13.2 Å². The predicted octanol–water partition coefficient (Wildman–Crippen LogP) is 6.29. The molecule has 1 atom stereocenters. The molecule has 0 saturated heterocycles. The van der Waals surface area contributed by atoms with Gasteiger partial charge < -0.3 is 9.47 Å². The van der Waals surface area contributed by atoms with Gasteiger partial charge in [-0.15, -0.1) is 0 Å². The van der Waals surface area contributed by atoms with E-state index in [-0.39, 0.29) is 35.6 Å². The number of benzene rings is 1. The maximum atomic E-state index is 12.8. The molecule has 1 unspecified atom stereocenters. The Kier molecular flexibility index (Phi) is 8.51. The Morgan fingerprint density at radius 3 is 2.03 bits per heavy atom. The van der Waals surface area contributed by atoms with E-state index in [1.807, 2.05) is 27.7 Å². The molecule has 0 aliphatic carbocycles. The third-order valence-electron chi connectivity index (χ3n) is 5.18. The first-order valence-electron chi connectivity index (χ1n) is 10.1. The van der Waals surface area contributed by atoms with E-state index >= 15 is 0 Å². The van der Waals surface area contributed by atoms with Gasteiger partial charge in [-0.3, -0.25) is 4.79 Å². The van der Waals surface area contributed by atoms with Gasteiger partial charge >= 0.3 is 18.1 Å². The van der Waals surface area contributed by atoms with Crippen LogP contribution in [-0.2, 0) is 25.2 Å². The Morgan fingerprint density at radius 1 is 0.935 bits per heavy atom. The first kappa shape index (κ1) is 26.7. The molecule has 1 aromatic rings. The highest BCUT2D eigenvalue weighted by Gasteiger charge is 2.47. The number of hydrogen-bond acceptors (Lipinski definition) is 4. The second-order valence-electron chi connectivity index (χ2n) is 10.1. The number of ether oxygens (including phenoxy) is 2. The summed E-state index contributed by atoms with van der Waals surface area (Å²) < 4.78 is 48.6. The van der Waals surface area contributed by atoms with E-state index in [0.29, 0.717) is 6.42 Å². The largest absolute Gasteiger partial charge is 0.462 e. The molecule has 0 bridgehead atoms. The first-order chi connectivity index (χ1) is 14.0. The van der Waals surface area contributed by atoms with Gasteiger partial charge in [0.1, 0.15) is 13.2 Å². The summed E-state index contributed by atoms with van der Waals surface area (Å²) in [7, 11) is 0. The van der Waals surface area contributed by atoms with Gasteiger partial charge in [0, 0.05) is 6.08 Å². The number of carbonyl (C=O) groups excluding carboxylic acids is 2. The van der Waals surface area contributed by atoms with Gasteiger partial charge in [0.25, 0.3) is 0 Å². The van der Waals surface area contributed by atoms with Crippen LogP contribution in [0.15, 0.2) is 30.3 Å². The van der Waals surface area contributed by atoms with Gasteiger partial charge in [0.2, 0.25) is 0 Å². The standard InChI is InChI=1S/C24H33F3O4/c1-21(2,3)16-23(7,22(4,5)6)20(29)31-14-13-30-19(28)12-11-17-9-8-10-18(15-17)24(25,26)27/h8-12,15H,13-14,16H2,1-7H3/b12-11+. The molecule has 0 aliphatic heterocycles. The lowest BCUT2D eigenvalue weighted by Gasteiger charge is -2.43. The fraction of sp³-hybridized carbons (Fsp3) is 0.583. The molecule has 1 rings (SSSR count). The Bertz CT molecular complexity index is 798. The summed E-state index contributed by atoms with van der Waals surface area (Å²) in [4.78, 5) is 24.6. The zero-order valence-corrected chi connectivity index (χ0v) is 19.4. The van der Waals surface area contributed by atoms with Gasteiger partial charge in [-0.25, -0.2) is 4.79 Å². The van der Waals surface area contributed by atoms with E-state index in [4.69, 9.17) is 9.47 Å². The van der Waals surface area contributed by atoms with E-state index in [2.05, 4.69) is 20.8 Å². The lowest BCUT2D eigenvalue weighted by atomic mass is 9.61. The average Bonchev–Trinajstić information content (AvgIpc) is 2.60. The highest BCUT2D eigenvalue weighted by Crippen LogP contribution is 2.47. The second kappa shape index (κ2) is 9.88. The summed E-state index contributed by atoms with van der Waals surface area (Å²) >= 11 is 0. The Morgan fingerprint density at radius 2 is 1.52 bits per heavy atom. The van der Waals surface area contributed by atoms with Crippen molar-refractivity contribution in [2.75, 3.05) is 13.2 Å². The molecular weight excluding hydrogens is 409 g/mol. The van der Waals surface area contributed by atoms with Crippen LogP contribution in [-0.4, -0.2) is 25.2 Å². The Labute approximate surface area is 182 Å². The molecule has 0 aromatic heterocycles. The van der Waals surface area contributed by atoms with E-state index in [1.54, 1.807) is 0 Å². The van der Waals surface area contributed by atoms with Crippen molar-refractivity contribution >= 4 is 18.0 Å². The number of halogens is 3. The van der Waals surface area contributed by atoms with Crippen LogP contribution in [0.25, 0.3) is 6.08 Å². The van der Waals surface area contributed by atoms with Crippen molar-refractivity contribution in [2.24, 2.45) is 16.2 Å². The van der Waals surface area contributed by atoms with Gasteiger partial charge in [0.15, 0.2) is 0 Å². The fourth-order valence-electron chi connectivity index (χ4n) is 3.17. The number of carbonyl (C=O) groups is 2. The van der Waals surface area contributed by atoms with Crippen LogP contribution in [0.5, 0.6) is 0 Å². The molecule has 0 spiro atoms. The van der Waals surface area contributed by atoms with Crippen LogP contribution in [0, 0.1) is 16.2 Å². The minimum atomic E-state index is -4.46. The maximum Gasteiger partial charge on any atom is 0.416 e. The highest BCUT2D eigenvalue weighted by atomic mass is 19.4. The number of hydrogen-bond donors (Lipinski definition) is 0. The summed E-state index contributed by atoms with van der Waals surface area (Å²) in [6.07, 6.45) is -1.55. The fourth-order valence-corrected chi connectivity index (χ4v) is 3.17. The molecule has 0 heterocycles. The third kappa shape index (κ3) is 8.38. The smallest absolute Gasteiger partial charge is 0.416 e. The maximum absolute atomic E-state index is 12.8. The summed E-state index contributed by atoms with van der Waals surface area (Å²) in [5, 5.41) is 0. The van der Waals surface area contributed by atoms with Crippen LogP contribution in [0.3, 0.4) is 0 Å². The molecule has 0 amide bonds. The van der Waals surface area contributed by atoms with Crippen LogP contribution >= 0.6 is 0 Å². The van der Waals surface area contributed by atoms with E-state index in [0.717, 1.165) is 18.2 Å². The minimum Gasteiger partial charge on any atom is -0.462 e. The molecule has 31 heavy (non-hydrogen) atoms. The number of rotatable bonds is 7. The lowest BCUT2D eigenvalue weighted by Crippen LogP contribution is -2.44. The van der Waals surface area contributed by atoms with Crippen molar-refractivity contribution in [2.45, 2.75) is 61.1 Å². The molecule has 174 valence electrons. The monoisotopic (exact) mass is 442 g/mol. The molecule has 7 heteroatoms. The van der Waals surface area contributed by atoms with Crippen molar-refractivity contribution in [3.63, 3.8) is 0 Å². The highest BCUT2D eigenvalue weighted by molar-refractivity contribution is 5.87. The van der Waals surface area contributed by atoms with Crippen molar-refractivity contribution in [1.82, 2.24) is 0 Å². The van der Waals surface area contributed by atoms with Crippen LogP contribution in [0.2, 0.25) is 0 Å². The van der Waals surface area contributed by atoms with Crippen molar-refractivity contribution in [1.29, 1.82) is 0 Å². The van der Waals surface area contributed by atoms with E-state index in [9.17, 15) is 22.8 Å². The molecule has 4 nitrogen and oxygen atoms in total. The Hall–Kier alpha value is -2.31. The molecule has 0 saturated carbocycles. The normalized spacial score (nSPS) is 14.9. The predicted molar refractivity (Wildman–Crippen MR) is 114 cm³/mol. The summed E-state index contributed by atoms with van der Waals surface area (Å²) in [5.41, 5.74) is -1.71. The second-order valence-corrected chi connectivity index (χ2v) is 10.1. The number of esters is 2. The third-order valence-corrected chi connectivity index (χ3v) is 5.18. The van der Waals surface area contributed by atoms with Crippen LogP contribution in [0.1, 0.15) is 66.0 Å². The molecular formula is C24H33F3O4. The molecule has 0 aliphatic rings. The van der Waals surface area contributed by atoms with Gasteiger partial charge in [-0.05, 0) is 47.9 Å².